The van der Waals surface area contributed by atoms with Crippen LogP contribution in [-0.2, 0) is 14.9 Å². The van der Waals surface area contributed by atoms with Gasteiger partial charge in [0, 0.05) is 18.4 Å². The SMILES string of the molecule is Cc1ccc(C2(CNC(=O)C3(O)CCOC3)CCCC2)c(C)c1. The number of hydrogen-bond acceptors (Lipinski definition) is 3. The Labute approximate surface area is 138 Å². The smallest absolute Gasteiger partial charge is 0.254 e. The molecule has 1 amide bonds. The van der Waals surface area contributed by atoms with Gasteiger partial charge in [-0.05, 0) is 37.8 Å². The first-order chi connectivity index (χ1) is 11.0. The maximum Gasteiger partial charge on any atom is 0.254 e. The van der Waals surface area contributed by atoms with Crippen LogP contribution in [0.3, 0.4) is 0 Å². The van der Waals surface area contributed by atoms with E-state index in [0.29, 0.717) is 19.6 Å². The van der Waals surface area contributed by atoms with Gasteiger partial charge in [-0.2, -0.15) is 0 Å². The zero-order valence-electron chi connectivity index (χ0n) is 14.2. The summed E-state index contributed by atoms with van der Waals surface area (Å²) < 4.78 is 5.18. The Morgan fingerprint density at radius 2 is 2.00 bits per heavy atom. The summed E-state index contributed by atoms with van der Waals surface area (Å²) in [5.74, 6) is -0.286. The van der Waals surface area contributed by atoms with Crippen LogP contribution in [0.1, 0.15) is 48.8 Å². The molecule has 3 rings (SSSR count). The third-order valence-corrected chi connectivity index (χ3v) is 5.52. The van der Waals surface area contributed by atoms with Crippen molar-refractivity contribution in [2.45, 2.75) is 57.0 Å². The van der Waals surface area contributed by atoms with E-state index >= 15 is 0 Å². The van der Waals surface area contributed by atoms with Crippen LogP contribution in [0.4, 0.5) is 0 Å². The molecule has 0 radical (unpaired) electrons. The molecule has 1 unspecified atom stereocenters. The highest BCUT2D eigenvalue weighted by Crippen LogP contribution is 2.42. The van der Waals surface area contributed by atoms with Crippen molar-refractivity contribution in [3.8, 4) is 0 Å². The number of rotatable bonds is 4. The minimum absolute atomic E-state index is 0.00324. The highest BCUT2D eigenvalue weighted by atomic mass is 16.5. The van der Waals surface area contributed by atoms with Crippen LogP contribution in [-0.4, -0.2) is 36.4 Å². The number of ether oxygens (including phenoxy) is 1. The van der Waals surface area contributed by atoms with Crippen LogP contribution < -0.4 is 5.32 Å². The molecule has 1 saturated heterocycles. The van der Waals surface area contributed by atoms with E-state index in [2.05, 4.69) is 37.4 Å². The molecule has 2 N–H and O–H groups in total. The van der Waals surface area contributed by atoms with Crippen molar-refractivity contribution in [1.82, 2.24) is 5.32 Å². The van der Waals surface area contributed by atoms with Gasteiger partial charge >= 0.3 is 0 Å². The summed E-state index contributed by atoms with van der Waals surface area (Å²) in [4.78, 5) is 12.4. The Balaban J connectivity index is 1.77. The fourth-order valence-corrected chi connectivity index (χ4v) is 4.15. The number of benzene rings is 1. The minimum Gasteiger partial charge on any atom is -0.378 e. The molecule has 23 heavy (non-hydrogen) atoms. The van der Waals surface area contributed by atoms with Crippen molar-refractivity contribution in [2.75, 3.05) is 19.8 Å². The van der Waals surface area contributed by atoms with Gasteiger partial charge in [0.25, 0.3) is 5.91 Å². The first kappa shape index (κ1) is 16.5. The van der Waals surface area contributed by atoms with Gasteiger partial charge in [-0.1, -0.05) is 36.6 Å². The number of carbonyl (C=O) groups is 1. The number of amides is 1. The Kier molecular flexibility index (Phi) is 4.47. The van der Waals surface area contributed by atoms with E-state index in [1.54, 1.807) is 0 Å². The van der Waals surface area contributed by atoms with E-state index in [4.69, 9.17) is 4.74 Å². The first-order valence-corrected chi connectivity index (χ1v) is 8.61. The third-order valence-electron chi connectivity index (χ3n) is 5.52. The van der Waals surface area contributed by atoms with Crippen LogP contribution in [0.2, 0.25) is 0 Å². The molecule has 1 heterocycles. The summed E-state index contributed by atoms with van der Waals surface area (Å²) in [7, 11) is 0. The van der Waals surface area contributed by atoms with Gasteiger partial charge in [-0.15, -0.1) is 0 Å². The van der Waals surface area contributed by atoms with Gasteiger partial charge in [-0.3, -0.25) is 4.79 Å². The molecule has 2 aliphatic rings. The first-order valence-electron chi connectivity index (χ1n) is 8.61. The fraction of sp³-hybridized carbons (Fsp3) is 0.632. The van der Waals surface area contributed by atoms with Crippen molar-refractivity contribution < 1.29 is 14.6 Å². The fourth-order valence-electron chi connectivity index (χ4n) is 4.15. The van der Waals surface area contributed by atoms with Gasteiger partial charge in [0.2, 0.25) is 0 Å². The Bertz CT molecular complexity index is 584. The number of aryl methyl sites for hydroxylation is 2. The molecule has 1 aliphatic carbocycles. The van der Waals surface area contributed by atoms with Crippen LogP contribution in [0.15, 0.2) is 18.2 Å². The summed E-state index contributed by atoms with van der Waals surface area (Å²) in [6.07, 6.45) is 4.95. The molecule has 2 fully saturated rings. The molecular formula is C19H27NO3. The summed E-state index contributed by atoms with van der Waals surface area (Å²) >= 11 is 0. The second kappa shape index (κ2) is 6.25. The number of nitrogens with one attached hydrogen (secondary N) is 1. The monoisotopic (exact) mass is 317 g/mol. The molecule has 1 aromatic carbocycles. The highest BCUT2D eigenvalue weighted by molar-refractivity contribution is 5.85. The number of aliphatic hydroxyl groups is 1. The lowest BCUT2D eigenvalue weighted by atomic mass is 9.76. The molecule has 0 bridgehead atoms. The highest BCUT2D eigenvalue weighted by Gasteiger charge is 2.42. The maximum absolute atomic E-state index is 12.4. The van der Waals surface area contributed by atoms with Crippen LogP contribution in [0.25, 0.3) is 0 Å². The summed E-state index contributed by atoms with van der Waals surface area (Å²) in [6.45, 7) is 5.41. The summed E-state index contributed by atoms with van der Waals surface area (Å²) in [6, 6.07) is 6.59. The van der Waals surface area contributed by atoms with Gasteiger partial charge < -0.3 is 15.2 Å². The predicted molar refractivity (Wildman–Crippen MR) is 89.5 cm³/mol. The lowest BCUT2D eigenvalue weighted by Gasteiger charge is -2.33. The van der Waals surface area contributed by atoms with Crippen molar-refractivity contribution in [2.24, 2.45) is 0 Å². The third kappa shape index (κ3) is 3.15. The van der Waals surface area contributed by atoms with E-state index in [0.717, 1.165) is 12.8 Å². The molecule has 0 spiro atoms. The van der Waals surface area contributed by atoms with E-state index in [-0.39, 0.29) is 17.9 Å². The Hall–Kier alpha value is -1.39. The quantitative estimate of drug-likeness (QED) is 0.896. The van der Waals surface area contributed by atoms with Gasteiger partial charge in [0.15, 0.2) is 5.60 Å². The lowest BCUT2D eigenvalue weighted by Crippen LogP contribution is -2.51. The molecule has 1 aromatic rings. The van der Waals surface area contributed by atoms with E-state index in [9.17, 15) is 9.90 Å². The summed E-state index contributed by atoms with van der Waals surface area (Å²) in [5.41, 5.74) is 2.56. The topological polar surface area (TPSA) is 58.6 Å². The molecule has 0 aromatic heterocycles. The molecule has 1 saturated carbocycles. The molecule has 126 valence electrons. The van der Waals surface area contributed by atoms with Gasteiger partial charge in [0.1, 0.15) is 0 Å². The van der Waals surface area contributed by atoms with Crippen molar-refractivity contribution >= 4 is 5.91 Å². The average molecular weight is 317 g/mol. The van der Waals surface area contributed by atoms with Crippen molar-refractivity contribution in [3.63, 3.8) is 0 Å². The van der Waals surface area contributed by atoms with E-state index in [1.807, 2.05) is 0 Å². The normalized spacial score (nSPS) is 26.4. The maximum atomic E-state index is 12.4. The average Bonchev–Trinajstić information content (AvgIpc) is 3.15. The number of hydrogen-bond donors (Lipinski definition) is 2. The molecule has 1 aliphatic heterocycles. The molecular weight excluding hydrogens is 290 g/mol. The molecule has 1 atom stereocenters. The zero-order chi connectivity index (χ0) is 16.5. The Morgan fingerprint density at radius 1 is 1.26 bits per heavy atom. The standard InChI is InChI=1S/C19H27NO3/c1-14-5-6-16(15(2)11-14)18(7-3-4-8-18)12-20-17(21)19(22)9-10-23-13-19/h5-6,11,22H,3-4,7-10,12-13H2,1-2H3,(H,20,21). The Morgan fingerprint density at radius 3 is 2.61 bits per heavy atom. The largest absolute Gasteiger partial charge is 0.378 e. The van der Waals surface area contributed by atoms with E-state index in [1.165, 1.54) is 29.5 Å². The zero-order valence-corrected chi connectivity index (χ0v) is 14.2. The van der Waals surface area contributed by atoms with Crippen molar-refractivity contribution in [3.05, 3.63) is 34.9 Å². The van der Waals surface area contributed by atoms with Gasteiger partial charge in [-0.25, -0.2) is 0 Å². The lowest BCUT2D eigenvalue weighted by molar-refractivity contribution is -0.139. The second-order valence-corrected chi connectivity index (χ2v) is 7.32. The van der Waals surface area contributed by atoms with Crippen LogP contribution >= 0.6 is 0 Å². The van der Waals surface area contributed by atoms with Crippen molar-refractivity contribution in [1.29, 1.82) is 0 Å². The van der Waals surface area contributed by atoms with Crippen LogP contribution in [0, 0.1) is 13.8 Å². The summed E-state index contributed by atoms with van der Waals surface area (Å²) in [5, 5.41) is 13.4. The van der Waals surface area contributed by atoms with Crippen LogP contribution in [0.5, 0.6) is 0 Å². The second-order valence-electron chi connectivity index (χ2n) is 7.32. The predicted octanol–water partition coefficient (Wildman–Crippen LogP) is 2.38. The van der Waals surface area contributed by atoms with Gasteiger partial charge in [0.05, 0.1) is 13.2 Å². The van der Waals surface area contributed by atoms with E-state index < -0.39 is 5.60 Å². The number of carbonyl (C=O) groups excluding carboxylic acids is 1. The molecule has 4 heteroatoms. The minimum atomic E-state index is -1.35. The molecule has 4 nitrogen and oxygen atoms in total.